The van der Waals surface area contributed by atoms with Gasteiger partial charge in [-0.2, -0.15) is 0 Å². The molecule has 0 aromatic carbocycles. The predicted molar refractivity (Wildman–Crippen MR) is 74.9 cm³/mol. The Bertz CT molecular complexity index is 359. The first-order valence-electron chi connectivity index (χ1n) is 7.44. The number of rotatable bonds is 5. The Balaban J connectivity index is 1.61. The molecular formula is C16H22O4. The van der Waals surface area contributed by atoms with Gasteiger partial charge >= 0.3 is 11.9 Å². The molecule has 0 fully saturated rings. The minimum absolute atomic E-state index is 0.124. The molecule has 0 amide bonds. The van der Waals surface area contributed by atoms with E-state index >= 15 is 0 Å². The molecule has 2 unspecified atom stereocenters. The van der Waals surface area contributed by atoms with Crippen LogP contribution in [-0.4, -0.2) is 25.2 Å². The molecule has 4 nitrogen and oxygen atoms in total. The van der Waals surface area contributed by atoms with Crippen LogP contribution in [0.25, 0.3) is 0 Å². The maximum atomic E-state index is 11.7. The van der Waals surface area contributed by atoms with E-state index in [-0.39, 0.29) is 37.0 Å². The van der Waals surface area contributed by atoms with Crippen molar-refractivity contribution in [2.45, 2.75) is 38.5 Å². The lowest BCUT2D eigenvalue weighted by molar-refractivity contribution is -0.155. The van der Waals surface area contributed by atoms with Gasteiger partial charge < -0.3 is 9.47 Å². The molecule has 2 atom stereocenters. The van der Waals surface area contributed by atoms with Gasteiger partial charge in [0.25, 0.3) is 0 Å². The van der Waals surface area contributed by atoms with Crippen molar-refractivity contribution in [3.63, 3.8) is 0 Å². The number of carbonyl (C=O) groups excluding carboxylic acids is 2. The largest absolute Gasteiger partial charge is 0.462 e. The van der Waals surface area contributed by atoms with E-state index in [4.69, 9.17) is 9.47 Å². The summed E-state index contributed by atoms with van der Waals surface area (Å²) in [5.41, 5.74) is 0. The lowest BCUT2D eigenvalue weighted by Crippen LogP contribution is -2.23. The number of ether oxygens (including phenoxy) is 2. The number of carbonyl (C=O) groups is 2. The van der Waals surface area contributed by atoms with Gasteiger partial charge in [-0.05, 0) is 38.5 Å². The Morgan fingerprint density at radius 1 is 0.850 bits per heavy atom. The van der Waals surface area contributed by atoms with Crippen molar-refractivity contribution < 1.29 is 19.1 Å². The number of esters is 2. The summed E-state index contributed by atoms with van der Waals surface area (Å²) < 4.78 is 10.3. The van der Waals surface area contributed by atoms with Gasteiger partial charge in [-0.15, -0.1) is 0 Å². The standard InChI is InChI=1S/C16H22O4/c17-15(13-7-3-1-4-8-13)19-11-12-20-16(18)14-9-5-2-6-10-14/h3,5,7,9,13-14H,1-2,4,6,8,10-12H2. The van der Waals surface area contributed by atoms with Crippen LogP contribution in [0.5, 0.6) is 0 Å². The molecule has 0 heterocycles. The summed E-state index contributed by atoms with van der Waals surface area (Å²) in [6.07, 6.45) is 13.7. The van der Waals surface area contributed by atoms with Crippen LogP contribution in [0, 0.1) is 11.8 Å². The Labute approximate surface area is 119 Å². The minimum Gasteiger partial charge on any atom is -0.462 e. The monoisotopic (exact) mass is 278 g/mol. The molecule has 110 valence electrons. The van der Waals surface area contributed by atoms with Crippen molar-refractivity contribution in [2.75, 3.05) is 13.2 Å². The van der Waals surface area contributed by atoms with Crippen LogP contribution < -0.4 is 0 Å². The molecule has 0 radical (unpaired) electrons. The first-order chi connectivity index (χ1) is 9.77. The summed E-state index contributed by atoms with van der Waals surface area (Å²) >= 11 is 0. The van der Waals surface area contributed by atoms with E-state index < -0.39 is 0 Å². The van der Waals surface area contributed by atoms with Gasteiger partial charge in [0.05, 0.1) is 11.8 Å². The first-order valence-corrected chi connectivity index (χ1v) is 7.44. The fourth-order valence-electron chi connectivity index (χ4n) is 2.52. The summed E-state index contributed by atoms with van der Waals surface area (Å²) in [6, 6.07) is 0. The van der Waals surface area contributed by atoms with Crippen LogP contribution in [0.4, 0.5) is 0 Å². The van der Waals surface area contributed by atoms with Gasteiger partial charge in [0.1, 0.15) is 13.2 Å². The molecule has 0 N–H and O–H groups in total. The van der Waals surface area contributed by atoms with Gasteiger partial charge in [-0.3, -0.25) is 9.59 Å². The molecule has 4 heteroatoms. The highest BCUT2D eigenvalue weighted by atomic mass is 16.6. The second-order valence-electron chi connectivity index (χ2n) is 5.27. The second-order valence-corrected chi connectivity index (χ2v) is 5.27. The summed E-state index contributed by atoms with van der Waals surface area (Å²) in [4.78, 5) is 23.4. The maximum Gasteiger partial charge on any atom is 0.312 e. The first kappa shape index (κ1) is 14.8. The minimum atomic E-state index is -0.213. The van der Waals surface area contributed by atoms with Crippen LogP contribution in [0.1, 0.15) is 38.5 Å². The molecule has 0 bridgehead atoms. The molecule has 2 rings (SSSR count). The second kappa shape index (κ2) is 7.88. The van der Waals surface area contributed by atoms with Crippen molar-refractivity contribution in [1.82, 2.24) is 0 Å². The molecular weight excluding hydrogens is 256 g/mol. The molecule has 0 spiro atoms. The summed E-state index contributed by atoms with van der Waals surface area (Å²) in [5.74, 6) is -0.675. The Morgan fingerprint density at radius 2 is 1.30 bits per heavy atom. The quantitative estimate of drug-likeness (QED) is 0.441. The summed E-state index contributed by atoms with van der Waals surface area (Å²) in [6.45, 7) is 0.288. The van der Waals surface area contributed by atoms with E-state index in [1.54, 1.807) is 0 Å². The highest BCUT2D eigenvalue weighted by molar-refractivity contribution is 5.75. The lowest BCUT2D eigenvalue weighted by atomic mass is 9.96. The zero-order valence-electron chi connectivity index (χ0n) is 11.8. The molecule has 2 aliphatic rings. The Morgan fingerprint density at radius 3 is 1.65 bits per heavy atom. The van der Waals surface area contributed by atoms with E-state index in [1.807, 2.05) is 24.3 Å². The van der Waals surface area contributed by atoms with Crippen molar-refractivity contribution in [1.29, 1.82) is 0 Å². The molecule has 0 aliphatic heterocycles. The fourth-order valence-corrected chi connectivity index (χ4v) is 2.52. The third-order valence-electron chi connectivity index (χ3n) is 3.69. The summed E-state index contributed by atoms with van der Waals surface area (Å²) in [7, 11) is 0. The molecule has 0 saturated carbocycles. The smallest absolute Gasteiger partial charge is 0.312 e. The van der Waals surface area contributed by atoms with Crippen molar-refractivity contribution in [3.8, 4) is 0 Å². The zero-order chi connectivity index (χ0) is 14.2. The number of hydrogen-bond acceptors (Lipinski definition) is 4. The topological polar surface area (TPSA) is 52.6 Å². The van der Waals surface area contributed by atoms with Gasteiger partial charge in [-0.25, -0.2) is 0 Å². The van der Waals surface area contributed by atoms with Crippen molar-refractivity contribution in [2.24, 2.45) is 11.8 Å². The maximum absolute atomic E-state index is 11.7. The lowest BCUT2D eigenvalue weighted by Gasteiger charge is -2.17. The number of allylic oxidation sites excluding steroid dienone is 2. The van der Waals surface area contributed by atoms with Crippen LogP contribution in [0.15, 0.2) is 24.3 Å². The van der Waals surface area contributed by atoms with Crippen LogP contribution in [0.2, 0.25) is 0 Å². The van der Waals surface area contributed by atoms with E-state index in [0.29, 0.717) is 0 Å². The van der Waals surface area contributed by atoms with E-state index in [9.17, 15) is 9.59 Å². The van der Waals surface area contributed by atoms with Gasteiger partial charge in [0.2, 0.25) is 0 Å². The molecule has 0 saturated heterocycles. The normalized spacial score (nSPS) is 25.2. The van der Waals surface area contributed by atoms with E-state index in [1.165, 1.54) is 0 Å². The Kier molecular flexibility index (Phi) is 5.84. The molecule has 2 aliphatic carbocycles. The number of hydrogen-bond donors (Lipinski definition) is 0. The predicted octanol–water partition coefficient (Wildman–Crippen LogP) is 2.79. The SMILES string of the molecule is O=C(OCCOC(=O)C1C=CCCC1)C1C=CCCC1. The highest BCUT2D eigenvalue weighted by Gasteiger charge is 2.20. The zero-order valence-corrected chi connectivity index (χ0v) is 11.8. The Hall–Kier alpha value is -1.58. The molecule has 0 aromatic heterocycles. The van der Waals surface area contributed by atoms with Gasteiger partial charge in [0, 0.05) is 0 Å². The average molecular weight is 278 g/mol. The van der Waals surface area contributed by atoms with Gasteiger partial charge in [0.15, 0.2) is 0 Å². The third-order valence-corrected chi connectivity index (χ3v) is 3.69. The van der Waals surface area contributed by atoms with E-state index in [0.717, 1.165) is 38.5 Å². The van der Waals surface area contributed by atoms with Crippen LogP contribution in [-0.2, 0) is 19.1 Å². The van der Waals surface area contributed by atoms with Crippen LogP contribution >= 0.6 is 0 Å². The molecule has 20 heavy (non-hydrogen) atoms. The van der Waals surface area contributed by atoms with Crippen molar-refractivity contribution >= 4 is 11.9 Å². The van der Waals surface area contributed by atoms with Crippen LogP contribution in [0.3, 0.4) is 0 Å². The van der Waals surface area contributed by atoms with Gasteiger partial charge in [-0.1, -0.05) is 24.3 Å². The fraction of sp³-hybridized carbons (Fsp3) is 0.625. The van der Waals surface area contributed by atoms with E-state index in [2.05, 4.69) is 0 Å². The van der Waals surface area contributed by atoms with Crippen molar-refractivity contribution in [3.05, 3.63) is 24.3 Å². The highest BCUT2D eigenvalue weighted by Crippen LogP contribution is 2.19. The average Bonchev–Trinajstić information content (AvgIpc) is 2.53. The third kappa shape index (κ3) is 4.51. The summed E-state index contributed by atoms with van der Waals surface area (Å²) in [5, 5.41) is 0. The molecule has 0 aromatic rings.